The molecule has 24 heavy (non-hydrogen) atoms. The Hall–Kier alpha value is -2.18. The van der Waals surface area contributed by atoms with Crippen LogP contribution in [0.15, 0.2) is 42.7 Å². The Morgan fingerprint density at radius 1 is 1.33 bits per heavy atom. The standard InChI is InChI=1S/C18H25N5O/c1-14-12-23(17(18(19)24)15-6-4-3-5-7-15)11-10-22(14)13-16-20-8-9-21(16)2/h3-9,14,17H,10-13H2,1-2H3,(H2,19,24)/t14-,17+/m0/s1. The predicted octanol–water partition coefficient (Wildman–Crippen LogP) is 1.15. The van der Waals surface area contributed by atoms with Crippen LogP contribution in [0.4, 0.5) is 0 Å². The van der Waals surface area contributed by atoms with Crippen molar-refractivity contribution in [3.63, 3.8) is 0 Å². The number of aromatic nitrogens is 2. The third kappa shape index (κ3) is 3.49. The molecule has 0 saturated carbocycles. The van der Waals surface area contributed by atoms with Crippen molar-refractivity contribution in [3.8, 4) is 0 Å². The molecule has 2 heterocycles. The molecule has 1 amide bonds. The largest absolute Gasteiger partial charge is 0.368 e. The third-order valence-electron chi connectivity index (χ3n) is 4.81. The minimum Gasteiger partial charge on any atom is -0.368 e. The van der Waals surface area contributed by atoms with Gasteiger partial charge in [-0.25, -0.2) is 4.98 Å². The number of nitrogens with zero attached hydrogens (tertiary/aromatic N) is 4. The minimum absolute atomic E-state index is 0.286. The Balaban J connectivity index is 1.69. The summed E-state index contributed by atoms with van der Waals surface area (Å²) in [5.41, 5.74) is 6.67. The molecule has 0 unspecified atom stereocenters. The number of piperazine rings is 1. The first-order chi connectivity index (χ1) is 11.6. The van der Waals surface area contributed by atoms with Crippen LogP contribution in [-0.2, 0) is 18.4 Å². The maximum Gasteiger partial charge on any atom is 0.239 e. The van der Waals surface area contributed by atoms with E-state index in [1.54, 1.807) is 0 Å². The number of imidazole rings is 1. The highest BCUT2D eigenvalue weighted by Gasteiger charge is 2.32. The summed E-state index contributed by atoms with van der Waals surface area (Å²) in [5, 5.41) is 0. The normalized spacial score (nSPS) is 20.8. The van der Waals surface area contributed by atoms with Crippen LogP contribution in [0.3, 0.4) is 0 Å². The Labute approximate surface area is 142 Å². The molecular formula is C18H25N5O. The van der Waals surface area contributed by atoms with Gasteiger partial charge in [0.25, 0.3) is 0 Å². The van der Waals surface area contributed by atoms with Crippen LogP contribution in [-0.4, -0.2) is 50.9 Å². The number of benzene rings is 1. The molecule has 1 aromatic carbocycles. The van der Waals surface area contributed by atoms with Gasteiger partial charge in [-0.1, -0.05) is 30.3 Å². The van der Waals surface area contributed by atoms with Crippen molar-refractivity contribution in [1.29, 1.82) is 0 Å². The highest BCUT2D eigenvalue weighted by atomic mass is 16.1. The number of hydrogen-bond acceptors (Lipinski definition) is 4. The molecule has 1 aliphatic heterocycles. The second-order valence-corrected chi connectivity index (χ2v) is 6.48. The summed E-state index contributed by atoms with van der Waals surface area (Å²) in [6.45, 7) is 5.54. The van der Waals surface area contributed by atoms with E-state index in [1.807, 2.05) is 49.8 Å². The molecule has 1 aromatic heterocycles. The lowest BCUT2D eigenvalue weighted by Crippen LogP contribution is -2.54. The maximum atomic E-state index is 12.0. The van der Waals surface area contributed by atoms with Crippen molar-refractivity contribution >= 4 is 5.91 Å². The second kappa shape index (κ2) is 7.15. The smallest absolute Gasteiger partial charge is 0.239 e. The zero-order valence-electron chi connectivity index (χ0n) is 14.3. The van der Waals surface area contributed by atoms with E-state index in [0.29, 0.717) is 6.04 Å². The number of rotatable bonds is 5. The summed E-state index contributed by atoms with van der Waals surface area (Å²) < 4.78 is 2.05. The van der Waals surface area contributed by atoms with Gasteiger partial charge >= 0.3 is 0 Å². The zero-order valence-corrected chi connectivity index (χ0v) is 14.3. The summed E-state index contributed by atoms with van der Waals surface area (Å²) in [7, 11) is 2.02. The van der Waals surface area contributed by atoms with Gasteiger partial charge in [0.1, 0.15) is 11.9 Å². The molecule has 128 valence electrons. The first-order valence-electron chi connectivity index (χ1n) is 8.35. The van der Waals surface area contributed by atoms with E-state index in [1.165, 1.54) is 0 Å². The monoisotopic (exact) mass is 327 g/mol. The van der Waals surface area contributed by atoms with E-state index in [-0.39, 0.29) is 11.9 Å². The molecule has 1 saturated heterocycles. The van der Waals surface area contributed by atoms with E-state index >= 15 is 0 Å². The molecule has 2 atom stereocenters. The van der Waals surface area contributed by atoms with E-state index < -0.39 is 0 Å². The molecule has 0 radical (unpaired) electrons. The fraction of sp³-hybridized carbons (Fsp3) is 0.444. The third-order valence-corrected chi connectivity index (χ3v) is 4.81. The number of primary amides is 1. The average Bonchev–Trinajstić information content (AvgIpc) is 2.96. The summed E-state index contributed by atoms with van der Waals surface area (Å²) in [5.74, 6) is 0.774. The molecule has 2 N–H and O–H groups in total. The lowest BCUT2D eigenvalue weighted by Gasteiger charge is -2.42. The van der Waals surface area contributed by atoms with Crippen molar-refractivity contribution in [2.75, 3.05) is 19.6 Å². The quantitative estimate of drug-likeness (QED) is 0.895. The van der Waals surface area contributed by atoms with Crippen LogP contribution < -0.4 is 5.73 Å². The number of hydrogen-bond donors (Lipinski definition) is 1. The molecular weight excluding hydrogens is 302 g/mol. The van der Waals surface area contributed by atoms with Gasteiger partial charge in [0, 0.05) is 45.1 Å². The molecule has 1 aliphatic rings. The number of aryl methyl sites for hydroxylation is 1. The van der Waals surface area contributed by atoms with Gasteiger partial charge in [0.05, 0.1) is 6.54 Å². The molecule has 1 fully saturated rings. The first-order valence-corrected chi connectivity index (χ1v) is 8.35. The van der Waals surface area contributed by atoms with Crippen molar-refractivity contribution in [3.05, 3.63) is 54.1 Å². The van der Waals surface area contributed by atoms with Gasteiger partial charge in [-0.05, 0) is 12.5 Å². The van der Waals surface area contributed by atoms with E-state index in [9.17, 15) is 4.79 Å². The van der Waals surface area contributed by atoms with Crippen LogP contribution >= 0.6 is 0 Å². The van der Waals surface area contributed by atoms with E-state index in [2.05, 4.69) is 26.3 Å². The number of carbonyl (C=O) groups excluding carboxylic acids is 1. The van der Waals surface area contributed by atoms with Crippen molar-refractivity contribution in [2.24, 2.45) is 12.8 Å². The minimum atomic E-state index is -0.357. The van der Waals surface area contributed by atoms with Crippen molar-refractivity contribution in [2.45, 2.75) is 25.6 Å². The first kappa shape index (κ1) is 16.7. The summed E-state index contributed by atoms with van der Waals surface area (Å²) in [6, 6.07) is 9.78. The molecule has 3 rings (SSSR count). The molecule has 0 bridgehead atoms. The fourth-order valence-corrected chi connectivity index (χ4v) is 3.41. The molecule has 2 aromatic rings. The fourth-order valence-electron chi connectivity index (χ4n) is 3.41. The Kier molecular flexibility index (Phi) is 4.97. The van der Waals surface area contributed by atoms with Crippen LogP contribution in [0.25, 0.3) is 0 Å². The number of nitrogens with two attached hydrogens (primary N) is 1. The van der Waals surface area contributed by atoms with Gasteiger partial charge in [-0.15, -0.1) is 0 Å². The Morgan fingerprint density at radius 2 is 2.08 bits per heavy atom. The van der Waals surface area contributed by atoms with Gasteiger partial charge in [0.15, 0.2) is 0 Å². The molecule has 0 aliphatic carbocycles. The molecule has 0 spiro atoms. The van der Waals surface area contributed by atoms with Crippen LogP contribution in [0.5, 0.6) is 0 Å². The van der Waals surface area contributed by atoms with Gasteiger partial charge in [0.2, 0.25) is 5.91 Å². The average molecular weight is 327 g/mol. The summed E-state index contributed by atoms with van der Waals surface area (Å²) in [6.07, 6.45) is 3.80. The van der Waals surface area contributed by atoms with Gasteiger partial charge < -0.3 is 10.3 Å². The maximum absolute atomic E-state index is 12.0. The van der Waals surface area contributed by atoms with Crippen molar-refractivity contribution < 1.29 is 4.79 Å². The number of carbonyl (C=O) groups is 1. The van der Waals surface area contributed by atoms with Gasteiger partial charge in [-0.2, -0.15) is 0 Å². The van der Waals surface area contributed by atoms with Crippen molar-refractivity contribution in [1.82, 2.24) is 19.4 Å². The van der Waals surface area contributed by atoms with Crippen LogP contribution in [0.1, 0.15) is 24.4 Å². The lowest BCUT2D eigenvalue weighted by atomic mass is 10.0. The Bertz CT molecular complexity index is 684. The summed E-state index contributed by atoms with van der Waals surface area (Å²) >= 11 is 0. The molecule has 6 heteroatoms. The highest BCUT2D eigenvalue weighted by Crippen LogP contribution is 2.24. The van der Waals surface area contributed by atoms with E-state index in [4.69, 9.17) is 5.73 Å². The highest BCUT2D eigenvalue weighted by molar-refractivity contribution is 5.81. The second-order valence-electron chi connectivity index (χ2n) is 6.48. The summed E-state index contributed by atoms with van der Waals surface area (Å²) in [4.78, 5) is 21.0. The topological polar surface area (TPSA) is 67.4 Å². The Morgan fingerprint density at radius 3 is 2.67 bits per heavy atom. The van der Waals surface area contributed by atoms with Crippen LogP contribution in [0.2, 0.25) is 0 Å². The molecule has 6 nitrogen and oxygen atoms in total. The predicted molar refractivity (Wildman–Crippen MR) is 93.0 cm³/mol. The SMILES string of the molecule is C[C@H]1CN([C@@H](C(N)=O)c2ccccc2)CCN1Cc1nccn1C. The number of amides is 1. The van der Waals surface area contributed by atoms with Gasteiger partial charge in [-0.3, -0.25) is 14.6 Å². The van der Waals surface area contributed by atoms with E-state index in [0.717, 1.165) is 37.6 Å². The van der Waals surface area contributed by atoms with Crippen LogP contribution in [0, 0.1) is 0 Å². The lowest BCUT2D eigenvalue weighted by molar-refractivity contribution is -0.124. The zero-order chi connectivity index (χ0) is 17.1.